The molecule has 2 aromatic rings. The van der Waals surface area contributed by atoms with Gasteiger partial charge >= 0.3 is 0 Å². The van der Waals surface area contributed by atoms with Gasteiger partial charge in [-0.05, 0) is 44.9 Å². The van der Waals surface area contributed by atoms with Crippen LogP contribution in [0.25, 0.3) is 0 Å². The number of carbonyl (C=O) groups excluding carboxylic acids is 2. The minimum absolute atomic E-state index is 0.0906. The molecule has 3 rings (SSSR count). The normalized spacial score (nSPS) is 16.2. The predicted molar refractivity (Wildman–Crippen MR) is 112 cm³/mol. The topological polar surface area (TPSA) is 71.5 Å². The van der Waals surface area contributed by atoms with Gasteiger partial charge in [0.25, 0.3) is 5.91 Å². The summed E-state index contributed by atoms with van der Waals surface area (Å²) in [5.74, 6) is -0.649. The zero-order valence-electron chi connectivity index (χ0n) is 15.6. The number of ether oxygens (including phenoxy) is 1. The molecule has 150 valence electrons. The SMILES string of the molecule is Cc1nc(NC(=O)CN(CC2CCCO2)C(=O)c2ccc(Cl)cc2Cl)sc1C. The lowest BCUT2D eigenvalue weighted by Crippen LogP contribution is -2.42. The molecule has 1 aliphatic heterocycles. The van der Waals surface area contributed by atoms with E-state index in [1.54, 1.807) is 12.1 Å². The van der Waals surface area contributed by atoms with Crippen molar-refractivity contribution >= 4 is 51.5 Å². The molecule has 1 aromatic carbocycles. The van der Waals surface area contributed by atoms with Gasteiger partial charge in [-0.1, -0.05) is 23.2 Å². The van der Waals surface area contributed by atoms with Crippen LogP contribution in [0.15, 0.2) is 18.2 Å². The molecular weight excluding hydrogens is 421 g/mol. The Morgan fingerprint density at radius 2 is 2.14 bits per heavy atom. The average Bonchev–Trinajstić information content (AvgIpc) is 3.23. The standard InChI is InChI=1S/C19H21Cl2N3O3S/c1-11-12(2)28-19(22-11)23-17(25)10-24(9-14-4-3-7-27-14)18(26)15-6-5-13(20)8-16(15)21/h5-6,8,14H,3-4,7,9-10H2,1-2H3,(H,22,23,25). The van der Waals surface area contributed by atoms with Crippen molar-refractivity contribution in [1.82, 2.24) is 9.88 Å². The van der Waals surface area contributed by atoms with Crippen LogP contribution in [0, 0.1) is 13.8 Å². The van der Waals surface area contributed by atoms with Gasteiger partial charge in [0.1, 0.15) is 6.54 Å². The van der Waals surface area contributed by atoms with Gasteiger partial charge in [0.2, 0.25) is 5.91 Å². The average molecular weight is 442 g/mol. The van der Waals surface area contributed by atoms with E-state index in [-0.39, 0.29) is 29.5 Å². The summed E-state index contributed by atoms with van der Waals surface area (Å²) in [6.07, 6.45) is 1.70. The third kappa shape index (κ3) is 5.23. The molecule has 0 bridgehead atoms. The minimum Gasteiger partial charge on any atom is -0.376 e. The third-order valence-corrected chi connectivity index (χ3v) is 6.04. The summed E-state index contributed by atoms with van der Waals surface area (Å²) >= 11 is 13.5. The first-order chi connectivity index (χ1) is 13.3. The number of rotatable bonds is 6. The summed E-state index contributed by atoms with van der Waals surface area (Å²) in [7, 11) is 0. The first-order valence-electron chi connectivity index (χ1n) is 8.93. The van der Waals surface area contributed by atoms with Crippen LogP contribution in [0.5, 0.6) is 0 Å². The molecule has 9 heteroatoms. The van der Waals surface area contributed by atoms with Crippen LogP contribution in [0.1, 0.15) is 33.8 Å². The molecule has 1 unspecified atom stereocenters. The molecule has 1 atom stereocenters. The highest BCUT2D eigenvalue weighted by atomic mass is 35.5. The van der Waals surface area contributed by atoms with Gasteiger partial charge in [-0.25, -0.2) is 4.98 Å². The highest BCUT2D eigenvalue weighted by molar-refractivity contribution is 7.15. The van der Waals surface area contributed by atoms with E-state index in [0.29, 0.717) is 28.9 Å². The molecule has 0 radical (unpaired) electrons. The number of anilines is 1. The maximum Gasteiger partial charge on any atom is 0.255 e. The number of hydrogen-bond donors (Lipinski definition) is 1. The van der Waals surface area contributed by atoms with E-state index in [4.69, 9.17) is 27.9 Å². The lowest BCUT2D eigenvalue weighted by molar-refractivity contribution is -0.117. The van der Waals surface area contributed by atoms with Gasteiger partial charge in [-0.15, -0.1) is 11.3 Å². The van der Waals surface area contributed by atoms with E-state index < -0.39 is 0 Å². The van der Waals surface area contributed by atoms with E-state index in [0.717, 1.165) is 23.4 Å². The number of carbonyl (C=O) groups is 2. The van der Waals surface area contributed by atoms with E-state index in [9.17, 15) is 9.59 Å². The zero-order valence-corrected chi connectivity index (χ0v) is 18.0. The van der Waals surface area contributed by atoms with Gasteiger partial charge in [-0.2, -0.15) is 0 Å². The van der Waals surface area contributed by atoms with Crippen molar-refractivity contribution in [2.24, 2.45) is 0 Å². The van der Waals surface area contributed by atoms with E-state index >= 15 is 0 Å². The van der Waals surface area contributed by atoms with Crippen LogP contribution in [0.4, 0.5) is 5.13 Å². The van der Waals surface area contributed by atoms with Crippen molar-refractivity contribution in [3.63, 3.8) is 0 Å². The second kappa shape index (κ2) is 9.22. The molecule has 1 saturated heterocycles. The number of hydrogen-bond acceptors (Lipinski definition) is 5. The number of aryl methyl sites for hydroxylation is 2. The highest BCUT2D eigenvalue weighted by Gasteiger charge is 2.26. The fourth-order valence-corrected chi connectivity index (χ4v) is 4.27. The van der Waals surface area contributed by atoms with Crippen LogP contribution in [-0.4, -0.2) is 47.5 Å². The Labute approximate surface area is 177 Å². The molecule has 1 aliphatic rings. The van der Waals surface area contributed by atoms with E-state index in [1.165, 1.54) is 22.3 Å². The minimum atomic E-state index is -0.334. The molecule has 28 heavy (non-hydrogen) atoms. The summed E-state index contributed by atoms with van der Waals surface area (Å²) < 4.78 is 5.65. The van der Waals surface area contributed by atoms with Crippen LogP contribution in [0.2, 0.25) is 10.0 Å². The second-order valence-electron chi connectivity index (χ2n) is 6.65. The van der Waals surface area contributed by atoms with Crippen molar-refractivity contribution in [2.75, 3.05) is 25.0 Å². The first kappa shape index (κ1) is 21.0. The number of halogens is 2. The summed E-state index contributed by atoms with van der Waals surface area (Å²) in [4.78, 5) is 32.4. The Morgan fingerprint density at radius 3 is 2.75 bits per heavy atom. The van der Waals surface area contributed by atoms with Crippen molar-refractivity contribution in [3.8, 4) is 0 Å². The maximum absolute atomic E-state index is 13.1. The largest absolute Gasteiger partial charge is 0.376 e. The fraction of sp³-hybridized carbons (Fsp3) is 0.421. The molecule has 0 saturated carbocycles. The van der Waals surface area contributed by atoms with Gasteiger partial charge < -0.3 is 15.0 Å². The van der Waals surface area contributed by atoms with Crippen molar-refractivity contribution in [2.45, 2.75) is 32.8 Å². The monoisotopic (exact) mass is 441 g/mol. The lowest BCUT2D eigenvalue weighted by Gasteiger charge is -2.25. The molecular formula is C19H21Cl2N3O3S. The van der Waals surface area contributed by atoms with E-state index in [1.807, 2.05) is 13.8 Å². The number of thiazole rings is 1. The Hall–Kier alpha value is -1.67. The molecule has 0 spiro atoms. The third-order valence-electron chi connectivity index (χ3n) is 4.51. The van der Waals surface area contributed by atoms with Crippen molar-refractivity contribution in [3.05, 3.63) is 44.4 Å². The Kier molecular flexibility index (Phi) is 6.93. The maximum atomic E-state index is 13.1. The summed E-state index contributed by atoms with van der Waals surface area (Å²) in [6, 6.07) is 4.69. The van der Waals surface area contributed by atoms with Gasteiger partial charge in [0.15, 0.2) is 5.13 Å². The fourth-order valence-electron chi connectivity index (χ4n) is 2.95. The smallest absolute Gasteiger partial charge is 0.255 e. The Balaban J connectivity index is 1.75. The number of nitrogens with one attached hydrogen (secondary N) is 1. The number of nitrogens with zero attached hydrogens (tertiary/aromatic N) is 2. The second-order valence-corrected chi connectivity index (χ2v) is 8.70. The van der Waals surface area contributed by atoms with Gasteiger partial charge in [0.05, 0.1) is 22.4 Å². The Bertz CT molecular complexity index is 862. The number of benzene rings is 1. The summed E-state index contributed by atoms with van der Waals surface area (Å²) in [5.41, 5.74) is 1.18. The molecule has 1 aromatic heterocycles. The van der Waals surface area contributed by atoms with E-state index in [2.05, 4.69) is 10.3 Å². The zero-order chi connectivity index (χ0) is 20.3. The summed E-state index contributed by atoms with van der Waals surface area (Å²) in [6.45, 7) is 4.70. The molecule has 2 heterocycles. The predicted octanol–water partition coefficient (Wildman–Crippen LogP) is 4.33. The summed E-state index contributed by atoms with van der Waals surface area (Å²) in [5, 5.41) is 3.99. The van der Waals surface area contributed by atoms with Crippen LogP contribution >= 0.6 is 34.5 Å². The van der Waals surface area contributed by atoms with Crippen molar-refractivity contribution in [1.29, 1.82) is 0 Å². The number of amides is 2. The Morgan fingerprint density at radius 1 is 1.36 bits per heavy atom. The molecule has 1 N–H and O–H groups in total. The lowest BCUT2D eigenvalue weighted by atomic mass is 10.1. The molecule has 2 amide bonds. The van der Waals surface area contributed by atoms with Crippen LogP contribution < -0.4 is 5.32 Å². The molecule has 1 fully saturated rings. The highest BCUT2D eigenvalue weighted by Crippen LogP contribution is 2.24. The van der Waals surface area contributed by atoms with Gasteiger partial charge in [0, 0.05) is 23.1 Å². The molecule has 6 nitrogen and oxygen atoms in total. The number of aromatic nitrogens is 1. The quantitative estimate of drug-likeness (QED) is 0.723. The van der Waals surface area contributed by atoms with Gasteiger partial charge in [-0.3, -0.25) is 9.59 Å². The van der Waals surface area contributed by atoms with Crippen LogP contribution in [0.3, 0.4) is 0 Å². The van der Waals surface area contributed by atoms with Crippen molar-refractivity contribution < 1.29 is 14.3 Å². The van der Waals surface area contributed by atoms with Crippen LogP contribution in [-0.2, 0) is 9.53 Å². The molecule has 0 aliphatic carbocycles. The first-order valence-corrected chi connectivity index (χ1v) is 10.5.